The largest absolute Gasteiger partial charge is 0.484 e. The number of Topliss-reactive ketones (excluding diaryl/α,β-unsaturated/α-hetero) is 1. The molecule has 2 aromatic rings. The number of likely N-dealkylation sites (N-methyl/N-ethyl adjacent to an activating group) is 1. The molecule has 138 valence electrons. The highest BCUT2D eigenvalue weighted by Gasteiger charge is 2.15. The average molecular weight is 354 g/mol. The molecule has 2 aromatic carbocycles. The van der Waals surface area contributed by atoms with Crippen LogP contribution in [0.1, 0.15) is 35.3 Å². The second kappa shape index (κ2) is 9.73. The van der Waals surface area contributed by atoms with Crippen molar-refractivity contribution in [2.45, 2.75) is 19.4 Å². The lowest BCUT2D eigenvalue weighted by molar-refractivity contribution is -0.123. The number of benzene rings is 2. The first-order valence-electron chi connectivity index (χ1n) is 8.75. The fraction of sp³-hybridized carbons (Fsp3) is 0.333. The number of nitrogens with one attached hydrogen (secondary N) is 1. The van der Waals surface area contributed by atoms with Crippen molar-refractivity contribution in [3.8, 4) is 5.75 Å². The molecule has 2 rings (SSSR count). The predicted octanol–water partition coefficient (Wildman–Crippen LogP) is 3.08. The van der Waals surface area contributed by atoms with Crippen molar-refractivity contribution in [2.75, 3.05) is 27.2 Å². The lowest BCUT2D eigenvalue weighted by Gasteiger charge is -2.25. The molecule has 5 nitrogen and oxygen atoms in total. The highest BCUT2D eigenvalue weighted by Crippen LogP contribution is 2.17. The molecule has 0 saturated carbocycles. The second-order valence-corrected chi connectivity index (χ2v) is 6.28. The van der Waals surface area contributed by atoms with Gasteiger partial charge in [-0.2, -0.15) is 0 Å². The highest BCUT2D eigenvalue weighted by molar-refractivity contribution is 5.95. The summed E-state index contributed by atoms with van der Waals surface area (Å²) in [5.41, 5.74) is 1.80. The first-order chi connectivity index (χ1) is 12.5. The Morgan fingerprint density at radius 2 is 1.69 bits per heavy atom. The number of carbonyl (C=O) groups excluding carboxylic acids is 2. The summed E-state index contributed by atoms with van der Waals surface area (Å²) >= 11 is 0. The molecule has 1 unspecified atom stereocenters. The van der Waals surface area contributed by atoms with Crippen molar-refractivity contribution in [2.24, 2.45) is 0 Å². The van der Waals surface area contributed by atoms with Crippen LogP contribution in [0.4, 0.5) is 0 Å². The van der Waals surface area contributed by atoms with Gasteiger partial charge in [0.1, 0.15) is 5.75 Å². The Hall–Kier alpha value is -2.66. The van der Waals surface area contributed by atoms with Gasteiger partial charge in [0, 0.05) is 18.5 Å². The van der Waals surface area contributed by atoms with Gasteiger partial charge in [-0.3, -0.25) is 9.59 Å². The molecule has 0 bridgehead atoms. The van der Waals surface area contributed by atoms with E-state index in [0.29, 0.717) is 24.3 Å². The van der Waals surface area contributed by atoms with Crippen molar-refractivity contribution < 1.29 is 14.3 Å². The van der Waals surface area contributed by atoms with Gasteiger partial charge >= 0.3 is 0 Å². The Bertz CT molecular complexity index is 712. The minimum absolute atomic E-state index is 0.0595. The Kier molecular flexibility index (Phi) is 7.36. The lowest BCUT2D eigenvalue weighted by Crippen LogP contribution is -2.36. The van der Waals surface area contributed by atoms with Gasteiger partial charge in [-0.1, -0.05) is 37.3 Å². The van der Waals surface area contributed by atoms with Crippen LogP contribution >= 0.6 is 0 Å². The smallest absolute Gasteiger partial charge is 0.258 e. The van der Waals surface area contributed by atoms with Gasteiger partial charge in [-0.05, 0) is 43.9 Å². The SMILES string of the molecule is CCC(=O)c1ccc(OCC(=O)NCC(c2ccccc2)N(C)C)cc1. The topological polar surface area (TPSA) is 58.6 Å². The molecule has 1 atom stereocenters. The monoisotopic (exact) mass is 354 g/mol. The summed E-state index contributed by atoms with van der Waals surface area (Å²) in [6.45, 7) is 2.27. The maximum Gasteiger partial charge on any atom is 0.258 e. The predicted molar refractivity (Wildman–Crippen MR) is 102 cm³/mol. The molecule has 0 aliphatic carbocycles. The Labute approximate surface area is 155 Å². The van der Waals surface area contributed by atoms with Gasteiger partial charge in [-0.25, -0.2) is 0 Å². The van der Waals surface area contributed by atoms with E-state index in [-0.39, 0.29) is 24.3 Å². The molecule has 1 N–H and O–H groups in total. The molecule has 0 spiro atoms. The van der Waals surface area contributed by atoms with Gasteiger partial charge in [0.15, 0.2) is 12.4 Å². The van der Waals surface area contributed by atoms with Crippen LogP contribution in [-0.4, -0.2) is 43.8 Å². The lowest BCUT2D eigenvalue weighted by atomic mass is 10.1. The molecule has 26 heavy (non-hydrogen) atoms. The Balaban J connectivity index is 1.83. The quantitative estimate of drug-likeness (QED) is 0.703. The maximum absolute atomic E-state index is 12.1. The number of hydrogen-bond donors (Lipinski definition) is 1. The molecule has 0 aliphatic heterocycles. The minimum Gasteiger partial charge on any atom is -0.484 e. The number of ether oxygens (including phenoxy) is 1. The molecule has 0 saturated heterocycles. The van der Waals surface area contributed by atoms with E-state index in [4.69, 9.17) is 4.74 Å². The fourth-order valence-electron chi connectivity index (χ4n) is 2.63. The van der Waals surface area contributed by atoms with Crippen LogP contribution in [0.5, 0.6) is 5.75 Å². The summed E-state index contributed by atoms with van der Waals surface area (Å²) in [6.07, 6.45) is 0.469. The van der Waals surface area contributed by atoms with Crippen LogP contribution in [0.15, 0.2) is 54.6 Å². The van der Waals surface area contributed by atoms with Crippen LogP contribution in [0, 0.1) is 0 Å². The van der Waals surface area contributed by atoms with E-state index in [2.05, 4.69) is 10.2 Å². The van der Waals surface area contributed by atoms with Crippen LogP contribution < -0.4 is 10.1 Å². The summed E-state index contributed by atoms with van der Waals surface area (Å²) in [5.74, 6) is 0.478. The van der Waals surface area contributed by atoms with E-state index in [1.54, 1.807) is 24.3 Å². The Morgan fingerprint density at radius 1 is 1.04 bits per heavy atom. The van der Waals surface area contributed by atoms with Crippen LogP contribution in [-0.2, 0) is 4.79 Å². The summed E-state index contributed by atoms with van der Waals surface area (Å²) in [6, 6.07) is 17.0. The molecule has 0 fully saturated rings. The number of nitrogens with zero attached hydrogens (tertiary/aromatic N) is 1. The van der Waals surface area contributed by atoms with E-state index >= 15 is 0 Å². The van der Waals surface area contributed by atoms with Gasteiger partial charge in [0.05, 0.1) is 6.04 Å². The number of carbonyl (C=O) groups is 2. The summed E-state index contributed by atoms with van der Waals surface area (Å²) in [4.78, 5) is 25.8. The van der Waals surface area contributed by atoms with Crippen LogP contribution in [0.25, 0.3) is 0 Å². The molecule has 5 heteroatoms. The maximum atomic E-state index is 12.1. The summed E-state index contributed by atoms with van der Waals surface area (Å²) in [7, 11) is 3.97. The molecular weight excluding hydrogens is 328 g/mol. The first-order valence-corrected chi connectivity index (χ1v) is 8.75. The summed E-state index contributed by atoms with van der Waals surface area (Å²) in [5, 5.41) is 2.91. The number of hydrogen-bond acceptors (Lipinski definition) is 4. The molecule has 1 amide bonds. The fourth-order valence-corrected chi connectivity index (χ4v) is 2.63. The summed E-state index contributed by atoms with van der Waals surface area (Å²) < 4.78 is 5.50. The average Bonchev–Trinajstić information content (AvgIpc) is 2.67. The van der Waals surface area contributed by atoms with E-state index in [9.17, 15) is 9.59 Å². The zero-order valence-electron chi connectivity index (χ0n) is 15.6. The molecule has 0 radical (unpaired) electrons. The van der Waals surface area contributed by atoms with Gasteiger partial charge in [-0.15, -0.1) is 0 Å². The third kappa shape index (κ3) is 5.70. The van der Waals surface area contributed by atoms with E-state index in [0.717, 1.165) is 5.56 Å². The Morgan fingerprint density at radius 3 is 2.27 bits per heavy atom. The normalized spacial score (nSPS) is 11.8. The van der Waals surface area contributed by atoms with Crippen molar-refractivity contribution in [1.82, 2.24) is 10.2 Å². The zero-order valence-corrected chi connectivity index (χ0v) is 15.6. The van der Waals surface area contributed by atoms with Crippen molar-refractivity contribution >= 4 is 11.7 Å². The minimum atomic E-state index is -0.179. The first kappa shape index (κ1) is 19.7. The highest BCUT2D eigenvalue weighted by atomic mass is 16.5. The van der Waals surface area contributed by atoms with Crippen LogP contribution in [0.3, 0.4) is 0 Å². The number of ketones is 1. The van der Waals surface area contributed by atoms with Gasteiger partial charge in [0.25, 0.3) is 5.91 Å². The number of rotatable bonds is 9. The van der Waals surface area contributed by atoms with E-state index < -0.39 is 0 Å². The van der Waals surface area contributed by atoms with E-state index in [1.165, 1.54) is 0 Å². The molecule has 0 aliphatic rings. The standard InChI is InChI=1S/C21H26N2O3/c1-4-20(24)17-10-12-18(13-11-17)26-15-21(25)22-14-19(23(2)3)16-8-6-5-7-9-16/h5-13,19H,4,14-15H2,1-3H3,(H,22,25). The molecular formula is C21H26N2O3. The molecule has 0 heterocycles. The second-order valence-electron chi connectivity index (χ2n) is 6.28. The number of amides is 1. The van der Waals surface area contributed by atoms with Gasteiger partial charge < -0.3 is 15.0 Å². The third-order valence-electron chi connectivity index (χ3n) is 4.17. The molecule has 0 aromatic heterocycles. The van der Waals surface area contributed by atoms with Crippen molar-refractivity contribution in [3.63, 3.8) is 0 Å². The van der Waals surface area contributed by atoms with Gasteiger partial charge in [0.2, 0.25) is 0 Å². The third-order valence-corrected chi connectivity index (χ3v) is 4.17. The van der Waals surface area contributed by atoms with Crippen molar-refractivity contribution in [3.05, 3.63) is 65.7 Å². The van der Waals surface area contributed by atoms with Crippen LogP contribution in [0.2, 0.25) is 0 Å². The van der Waals surface area contributed by atoms with Crippen molar-refractivity contribution in [1.29, 1.82) is 0 Å². The zero-order chi connectivity index (χ0) is 18.9. The van der Waals surface area contributed by atoms with E-state index in [1.807, 2.05) is 51.4 Å².